The molecule has 0 saturated carbocycles. The van der Waals surface area contributed by atoms with Crippen LogP contribution in [0.1, 0.15) is 67.2 Å². The van der Waals surface area contributed by atoms with Crippen molar-refractivity contribution in [1.29, 1.82) is 0 Å². The lowest BCUT2D eigenvalue weighted by Crippen LogP contribution is -2.49. The Hall–Kier alpha value is -2.51. The fraction of sp³-hybridized carbons (Fsp3) is 0.593. The molecule has 1 atom stereocenters. The van der Waals surface area contributed by atoms with E-state index in [0.29, 0.717) is 18.8 Å². The molecule has 2 saturated heterocycles. The van der Waals surface area contributed by atoms with Crippen LogP contribution in [0.15, 0.2) is 30.3 Å². The topological polar surface area (TPSA) is 61.8 Å². The van der Waals surface area contributed by atoms with E-state index in [1.807, 2.05) is 43.9 Å². The van der Waals surface area contributed by atoms with Crippen molar-refractivity contribution in [2.75, 3.05) is 46.8 Å². The number of carbonyl (C=O) groups is 1. The quantitative estimate of drug-likeness (QED) is 0.671. The maximum Gasteiger partial charge on any atom is 0.272 e. The molecule has 1 aromatic carbocycles. The largest absolute Gasteiger partial charge is 0.491 e. The van der Waals surface area contributed by atoms with Gasteiger partial charge >= 0.3 is 0 Å². The number of nitrogens with zero attached hydrogens (tertiary/aromatic N) is 5. The number of ether oxygens (including phenoxy) is 1. The Labute approximate surface area is 204 Å². The number of hydrogen-bond donors (Lipinski definition) is 0. The molecule has 4 rings (SSSR count). The van der Waals surface area contributed by atoms with Gasteiger partial charge in [0.25, 0.3) is 5.91 Å². The van der Waals surface area contributed by atoms with Crippen molar-refractivity contribution in [1.82, 2.24) is 24.7 Å². The Balaban J connectivity index is 1.52. The predicted molar refractivity (Wildman–Crippen MR) is 134 cm³/mol. The van der Waals surface area contributed by atoms with Gasteiger partial charge in [0, 0.05) is 30.7 Å². The predicted octanol–water partition coefficient (Wildman–Crippen LogP) is 3.68. The van der Waals surface area contributed by atoms with Crippen LogP contribution < -0.4 is 4.74 Å². The lowest BCUT2D eigenvalue weighted by molar-refractivity contribution is 0.0539. The van der Waals surface area contributed by atoms with Gasteiger partial charge in [0.05, 0.1) is 12.1 Å². The van der Waals surface area contributed by atoms with Crippen LogP contribution >= 0.6 is 0 Å². The molecule has 1 aromatic heterocycles. The average Bonchev–Trinajstić information content (AvgIpc) is 2.81. The highest BCUT2D eigenvalue weighted by atomic mass is 16.5. The third kappa shape index (κ3) is 5.41. The minimum absolute atomic E-state index is 0.00105. The van der Waals surface area contributed by atoms with Crippen molar-refractivity contribution in [2.45, 2.75) is 58.1 Å². The third-order valence-corrected chi connectivity index (χ3v) is 7.28. The van der Waals surface area contributed by atoms with Gasteiger partial charge in [-0.25, -0.2) is 9.97 Å². The van der Waals surface area contributed by atoms with E-state index in [2.05, 4.69) is 43.0 Å². The molecule has 2 aliphatic rings. The Morgan fingerprint density at radius 2 is 1.74 bits per heavy atom. The van der Waals surface area contributed by atoms with Gasteiger partial charge in [0.15, 0.2) is 0 Å². The van der Waals surface area contributed by atoms with Gasteiger partial charge in [-0.15, -0.1) is 0 Å². The summed E-state index contributed by atoms with van der Waals surface area (Å²) in [7, 11) is 4.28. The van der Waals surface area contributed by atoms with Crippen LogP contribution in [0.3, 0.4) is 0 Å². The van der Waals surface area contributed by atoms with Crippen molar-refractivity contribution in [2.24, 2.45) is 0 Å². The molecule has 7 heteroatoms. The molecule has 184 valence electrons. The monoisotopic (exact) mass is 465 g/mol. The highest BCUT2D eigenvalue weighted by Crippen LogP contribution is 2.33. The van der Waals surface area contributed by atoms with E-state index in [1.54, 1.807) is 0 Å². The highest BCUT2D eigenvalue weighted by Gasteiger charge is 2.35. The zero-order chi connectivity index (χ0) is 24.5. The zero-order valence-corrected chi connectivity index (χ0v) is 21.5. The molecule has 0 bridgehead atoms. The van der Waals surface area contributed by atoms with E-state index in [0.717, 1.165) is 49.7 Å². The molecule has 2 aromatic rings. The number of piperidine rings is 1. The number of aryl methyl sites for hydroxylation is 1. The number of aromatic nitrogens is 2. The Bertz CT molecular complexity index is 999. The first-order chi connectivity index (χ1) is 16.1. The molecule has 0 radical (unpaired) electrons. The normalized spacial score (nSPS) is 21.6. The molecule has 2 aliphatic heterocycles. The van der Waals surface area contributed by atoms with Crippen molar-refractivity contribution >= 4 is 5.91 Å². The SMILES string of the molecule is Cc1cc(C(=O)N2CCN(C)C(c3ccc(OC(C)C)cc3)C2)nc(C2(C)CCN(C)CC2)n1. The van der Waals surface area contributed by atoms with E-state index in [4.69, 9.17) is 14.7 Å². The number of likely N-dealkylation sites (tertiary alicyclic amines) is 1. The number of hydrogen-bond acceptors (Lipinski definition) is 6. The van der Waals surface area contributed by atoms with Crippen molar-refractivity contribution in [3.05, 3.63) is 53.1 Å². The third-order valence-electron chi connectivity index (χ3n) is 7.28. The maximum atomic E-state index is 13.6. The van der Waals surface area contributed by atoms with E-state index >= 15 is 0 Å². The first-order valence-corrected chi connectivity index (χ1v) is 12.5. The summed E-state index contributed by atoms with van der Waals surface area (Å²) in [6.07, 6.45) is 2.16. The number of carbonyl (C=O) groups excluding carboxylic acids is 1. The zero-order valence-electron chi connectivity index (χ0n) is 21.5. The lowest BCUT2D eigenvalue weighted by Gasteiger charge is -2.40. The van der Waals surface area contributed by atoms with E-state index in [9.17, 15) is 4.79 Å². The fourth-order valence-corrected chi connectivity index (χ4v) is 4.90. The number of piperazine rings is 1. The van der Waals surface area contributed by atoms with Gasteiger partial charge in [-0.3, -0.25) is 9.69 Å². The maximum absolute atomic E-state index is 13.6. The summed E-state index contributed by atoms with van der Waals surface area (Å²) in [5.74, 6) is 1.69. The molecule has 0 spiro atoms. The average molecular weight is 466 g/mol. The van der Waals surface area contributed by atoms with Gasteiger partial charge < -0.3 is 14.5 Å². The Morgan fingerprint density at radius 1 is 1.06 bits per heavy atom. The van der Waals surface area contributed by atoms with Crippen LogP contribution in [-0.2, 0) is 5.41 Å². The Morgan fingerprint density at radius 3 is 2.38 bits per heavy atom. The van der Waals surface area contributed by atoms with E-state index < -0.39 is 0 Å². The van der Waals surface area contributed by atoms with Crippen molar-refractivity contribution in [3.63, 3.8) is 0 Å². The summed E-state index contributed by atoms with van der Waals surface area (Å²) in [4.78, 5) is 29.8. The molecule has 1 unspecified atom stereocenters. The van der Waals surface area contributed by atoms with Gasteiger partial charge in [-0.05, 0) is 84.6 Å². The van der Waals surface area contributed by atoms with Gasteiger partial charge in [-0.2, -0.15) is 0 Å². The summed E-state index contributed by atoms with van der Waals surface area (Å²) in [5, 5.41) is 0. The summed E-state index contributed by atoms with van der Waals surface area (Å²) < 4.78 is 5.79. The molecule has 3 heterocycles. The van der Waals surface area contributed by atoms with Gasteiger partial charge in [0.2, 0.25) is 0 Å². The number of likely N-dealkylation sites (N-methyl/N-ethyl adjacent to an activating group) is 1. The summed E-state index contributed by atoms with van der Waals surface area (Å²) >= 11 is 0. The molecule has 2 fully saturated rings. The summed E-state index contributed by atoms with van der Waals surface area (Å²) in [5.41, 5.74) is 2.49. The number of rotatable bonds is 5. The number of benzene rings is 1. The van der Waals surface area contributed by atoms with Crippen LogP contribution in [0.4, 0.5) is 0 Å². The second-order valence-electron chi connectivity index (χ2n) is 10.6. The Kier molecular flexibility index (Phi) is 7.24. The van der Waals surface area contributed by atoms with Crippen LogP contribution in [-0.4, -0.2) is 83.5 Å². The summed E-state index contributed by atoms with van der Waals surface area (Å²) in [6.45, 7) is 12.5. The van der Waals surface area contributed by atoms with Gasteiger partial charge in [0.1, 0.15) is 17.3 Å². The van der Waals surface area contributed by atoms with E-state index in [-0.39, 0.29) is 23.5 Å². The van der Waals surface area contributed by atoms with Crippen LogP contribution in [0.5, 0.6) is 5.75 Å². The van der Waals surface area contributed by atoms with Crippen LogP contribution in [0.2, 0.25) is 0 Å². The lowest BCUT2D eigenvalue weighted by atomic mass is 9.79. The standard InChI is InChI=1S/C27H39N5O2/c1-19(2)34-22-9-7-21(8-10-22)24-18-32(16-15-31(24)6)25(33)23-17-20(3)28-26(29-23)27(4)11-13-30(5)14-12-27/h7-10,17,19,24H,11-16,18H2,1-6H3. The van der Waals surface area contributed by atoms with Crippen LogP contribution in [0.25, 0.3) is 0 Å². The molecule has 1 amide bonds. The van der Waals surface area contributed by atoms with Gasteiger partial charge in [-0.1, -0.05) is 19.1 Å². The summed E-state index contributed by atoms with van der Waals surface area (Å²) in [6, 6.07) is 10.2. The molecule has 0 aliphatic carbocycles. The van der Waals surface area contributed by atoms with Crippen molar-refractivity contribution in [3.8, 4) is 5.75 Å². The first-order valence-electron chi connectivity index (χ1n) is 12.5. The molecule has 0 N–H and O–H groups in total. The first kappa shape index (κ1) is 24.6. The molecular weight excluding hydrogens is 426 g/mol. The minimum atomic E-state index is -0.0853. The fourth-order valence-electron chi connectivity index (χ4n) is 4.90. The van der Waals surface area contributed by atoms with Crippen LogP contribution in [0, 0.1) is 6.92 Å². The highest BCUT2D eigenvalue weighted by molar-refractivity contribution is 5.92. The second kappa shape index (κ2) is 10.0. The molecule has 7 nitrogen and oxygen atoms in total. The molecule has 34 heavy (non-hydrogen) atoms. The number of amides is 1. The second-order valence-corrected chi connectivity index (χ2v) is 10.6. The van der Waals surface area contributed by atoms with Crippen molar-refractivity contribution < 1.29 is 9.53 Å². The van der Waals surface area contributed by atoms with E-state index in [1.165, 1.54) is 5.56 Å². The molecular formula is C27H39N5O2. The minimum Gasteiger partial charge on any atom is -0.491 e. The smallest absolute Gasteiger partial charge is 0.272 e.